The van der Waals surface area contributed by atoms with Crippen molar-refractivity contribution in [2.45, 2.75) is 18.4 Å². The minimum absolute atomic E-state index is 0.123. The molecule has 1 aromatic heterocycles. The number of nitrogens with one attached hydrogen (secondary N) is 1. The number of alkyl halides is 2. The van der Waals surface area contributed by atoms with Crippen LogP contribution in [-0.4, -0.2) is 40.7 Å². The number of aromatic nitrogens is 2. The van der Waals surface area contributed by atoms with Crippen LogP contribution in [0, 0.1) is 5.82 Å². The highest BCUT2D eigenvalue weighted by atomic mass is 19.3. The minimum atomic E-state index is -3.52. The molecule has 27 heavy (non-hydrogen) atoms. The molecule has 0 fully saturated rings. The highest BCUT2D eigenvalue weighted by molar-refractivity contribution is 6.02. The van der Waals surface area contributed by atoms with Gasteiger partial charge in [0.05, 0.1) is 0 Å². The van der Waals surface area contributed by atoms with Gasteiger partial charge in [-0.05, 0) is 31.2 Å². The van der Waals surface area contributed by atoms with Gasteiger partial charge in [-0.25, -0.2) is 13.2 Å². The fourth-order valence-electron chi connectivity index (χ4n) is 2.79. The fraction of sp³-hybridized carbons (Fsp3) is 0.353. The number of anilines is 1. The average Bonchev–Trinajstić information content (AvgIpc) is 2.98. The number of carbonyl (C=O) groups excluding carboxylic acids is 1. The van der Waals surface area contributed by atoms with Gasteiger partial charge in [0.1, 0.15) is 24.9 Å². The standard InChI is InChI=1S/C17H18F3N5O2/c1-16(17(19,20)9-27-8-14(21)23-16)11-7-10(3-4-12(11)18)22-15(26)13-5-6-25(2)24-13/h3-7H,8-9H2,1-2H3,(H2,21,23)(H,22,26)/t16-/m1/s1. The topological polar surface area (TPSA) is 94.5 Å². The highest BCUT2D eigenvalue weighted by Crippen LogP contribution is 2.44. The molecule has 2 aromatic rings. The van der Waals surface area contributed by atoms with Crippen LogP contribution in [0.15, 0.2) is 35.5 Å². The maximum Gasteiger partial charge on any atom is 0.299 e. The molecule has 0 spiro atoms. The van der Waals surface area contributed by atoms with Gasteiger partial charge in [0.25, 0.3) is 11.8 Å². The van der Waals surface area contributed by atoms with E-state index < -0.39 is 35.4 Å². The first kappa shape index (κ1) is 18.9. The van der Waals surface area contributed by atoms with Crippen LogP contribution in [0.4, 0.5) is 18.9 Å². The van der Waals surface area contributed by atoms with Gasteiger partial charge in [0.2, 0.25) is 0 Å². The second-order valence-electron chi connectivity index (χ2n) is 6.40. The molecular formula is C17H18F3N5O2. The van der Waals surface area contributed by atoms with Crippen molar-refractivity contribution in [1.29, 1.82) is 0 Å². The third kappa shape index (κ3) is 3.52. The van der Waals surface area contributed by atoms with Crippen molar-refractivity contribution in [3.8, 4) is 0 Å². The van der Waals surface area contributed by atoms with Crippen molar-refractivity contribution < 1.29 is 22.7 Å². The van der Waals surface area contributed by atoms with Crippen molar-refractivity contribution in [1.82, 2.24) is 9.78 Å². The van der Waals surface area contributed by atoms with E-state index in [0.717, 1.165) is 19.1 Å². The average molecular weight is 381 g/mol. The van der Waals surface area contributed by atoms with Gasteiger partial charge < -0.3 is 15.8 Å². The largest absolute Gasteiger partial charge is 0.385 e. The van der Waals surface area contributed by atoms with Gasteiger partial charge in [-0.1, -0.05) is 0 Å². The number of halogens is 3. The Hall–Kier alpha value is -2.88. The fourth-order valence-corrected chi connectivity index (χ4v) is 2.79. The lowest BCUT2D eigenvalue weighted by atomic mass is 9.85. The van der Waals surface area contributed by atoms with E-state index in [1.54, 1.807) is 13.2 Å². The number of aryl methyl sites for hydroxylation is 1. The Morgan fingerprint density at radius 3 is 2.78 bits per heavy atom. The molecule has 0 bridgehead atoms. The molecule has 3 rings (SSSR count). The van der Waals surface area contributed by atoms with Crippen molar-refractivity contribution >= 4 is 17.4 Å². The molecular weight excluding hydrogens is 363 g/mol. The molecule has 0 saturated carbocycles. The molecule has 1 atom stereocenters. The number of amides is 1. The summed E-state index contributed by atoms with van der Waals surface area (Å²) in [5.41, 5.74) is 3.17. The molecule has 10 heteroatoms. The van der Waals surface area contributed by atoms with E-state index >= 15 is 0 Å². The zero-order valence-electron chi connectivity index (χ0n) is 14.7. The van der Waals surface area contributed by atoms with E-state index in [0.29, 0.717) is 0 Å². The van der Waals surface area contributed by atoms with Crippen LogP contribution < -0.4 is 11.1 Å². The number of nitrogens with two attached hydrogens (primary N) is 1. The zero-order valence-corrected chi connectivity index (χ0v) is 14.7. The molecule has 0 unspecified atom stereocenters. The first-order chi connectivity index (χ1) is 12.6. The van der Waals surface area contributed by atoms with Crippen LogP contribution in [-0.2, 0) is 17.3 Å². The molecule has 3 N–H and O–H groups in total. The summed E-state index contributed by atoms with van der Waals surface area (Å²) in [4.78, 5) is 16.0. The maximum absolute atomic E-state index is 14.7. The Morgan fingerprint density at radius 1 is 1.37 bits per heavy atom. The van der Waals surface area contributed by atoms with Crippen LogP contribution in [0.1, 0.15) is 23.0 Å². The number of carbonyl (C=O) groups is 1. The van der Waals surface area contributed by atoms with Gasteiger partial charge in [-0.2, -0.15) is 5.10 Å². The summed E-state index contributed by atoms with van der Waals surface area (Å²) >= 11 is 0. The Bertz CT molecular complexity index is 912. The molecule has 144 valence electrons. The number of hydrogen-bond donors (Lipinski definition) is 2. The van der Waals surface area contributed by atoms with E-state index in [-0.39, 0.29) is 23.8 Å². The molecule has 1 aliphatic rings. The quantitative estimate of drug-likeness (QED) is 0.851. The van der Waals surface area contributed by atoms with Gasteiger partial charge in [-0.3, -0.25) is 14.5 Å². The Labute approximate surface area is 153 Å². The Morgan fingerprint density at radius 2 is 2.11 bits per heavy atom. The number of amidine groups is 1. The Balaban J connectivity index is 1.99. The smallest absolute Gasteiger partial charge is 0.299 e. The summed E-state index contributed by atoms with van der Waals surface area (Å²) in [6.07, 6.45) is 1.58. The van der Waals surface area contributed by atoms with Gasteiger partial charge in [-0.15, -0.1) is 0 Å². The van der Waals surface area contributed by atoms with Crippen molar-refractivity contribution in [3.63, 3.8) is 0 Å². The van der Waals surface area contributed by atoms with Crippen LogP contribution in [0.5, 0.6) is 0 Å². The summed E-state index contributed by atoms with van der Waals surface area (Å²) < 4.78 is 50.0. The van der Waals surface area contributed by atoms with Gasteiger partial charge in [0, 0.05) is 24.5 Å². The van der Waals surface area contributed by atoms with Crippen LogP contribution in [0.25, 0.3) is 0 Å². The zero-order chi connectivity index (χ0) is 19.8. The van der Waals surface area contributed by atoms with Crippen LogP contribution in [0.3, 0.4) is 0 Å². The molecule has 1 amide bonds. The first-order valence-corrected chi connectivity index (χ1v) is 8.03. The molecule has 1 aliphatic heterocycles. The number of nitrogens with zero attached hydrogens (tertiary/aromatic N) is 3. The maximum atomic E-state index is 14.7. The minimum Gasteiger partial charge on any atom is -0.385 e. The Kier molecular flexibility index (Phi) is 4.68. The third-order valence-electron chi connectivity index (χ3n) is 4.31. The summed E-state index contributed by atoms with van der Waals surface area (Å²) in [6, 6.07) is 4.86. The molecule has 7 nitrogen and oxygen atoms in total. The molecule has 2 heterocycles. The molecule has 0 saturated heterocycles. The predicted octanol–water partition coefficient (Wildman–Crippen LogP) is 2.05. The summed E-state index contributed by atoms with van der Waals surface area (Å²) in [7, 11) is 1.65. The van der Waals surface area contributed by atoms with Crippen molar-refractivity contribution in [2.75, 3.05) is 18.5 Å². The van der Waals surface area contributed by atoms with Crippen molar-refractivity contribution in [2.24, 2.45) is 17.8 Å². The lowest BCUT2D eigenvalue weighted by molar-refractivity contribution is -0.116. The first-order valence-electron chi connectivity index (χ1n) is 8.03. The van der Waals surface area contributed by atoms with E-state index in [1.165, 1.54) is 16.8 Å². The lowest BCUT2D eigenvalue weighted by Gasteiger charge is -2.33. The number of ether oxygens (including phenoxy) is 1. The highest BCUT2D eigenvalue weighted by Gasteiger charge is 2.54. The number of hydrogen-bond acceptors (Lipinski definition) is 5. The van der Waals surface area contributed by atoms with E-state index in [2.05, 4.69) is 15.4 Å². The second-order valence-corrected chi connectivity index (χ2v) is 6.40. The number of rotatable bonds is 3. The molecule has 1 aromatic carbocycles. The van der Waals surface area contributed by atoms with E-state index in [9.17, 15) is 18.0 Å². The lowest BCUT2D eigenvalue weighted by Crippen LogP contribution is -2.45. The second kappa shape index (κ2) is 6.69. The monoisotopic (exact) mass is 381 g/mol. The molecule has 0 aliphatic carbocycles. The van der Waals surface area contributed by atoms with Crippen LogP contribution >= 0.6 is 0 Å². The normalized spacial score (nSPS) is 22.0. The SMILES string of the molecule is Cn1ccc(C(=O)Nc2ccc(F)c([C@@]3(C)N=C(N)COCC3(F)F)c2)n1. The van der Waals surface area contributed by atoms with Crippen LogP contribution in [0.2, 0.25) is 0 Å². The van der Waals surface area contributed by atoms with Gasteiger partial charge >= 0.3 is 0 Å². The van der Waals surface area contributed by atoms with E-state index in [4.69, 9.17) is 10.5 Å². The predicted molar refractivity (Wildman–Crippen MR) is 92.3 cm³/mol. The summed E-state index contributed by atoms with van der Waals surface area (Å²) in [5.74, 6) is -5.14. The summed E-state index contributed by atoms with van der Waals surface area (Å²) in [6.45, 7) is -0.155. The van der Waals surface area contributed by atoms with Crippen molar-refractivity contribution in [3.05, 3.63) is 47.5 Å². The summed E-state index contributed by atoms with van der Waals surface area (Å²) in [5, 5.41) is 6.46. The van der Waals surface area contributed by atoms with Gasteiger partial charge in [0.15, 0.2) is 11.2 Å². The van der Waals surface area contributed by atoms with E-state index in [1.807, 2.05) is 0 Å². The molecule has 0 radical (unpaired) electrons. The third-order valence-corrected chi connectivity index (χ3v) is 4.31. The number of benzene rings is 1. The number of aliphatic imine (C=N–C) groups is 1.